The maximum atomic E-state index is 14.2. The maximum absolute atomic E-state index is 14.2. The summed E-state index contributed by atoms with van der Waals surface area (Å²) in [7, 11) is -2.16. The third kappa shape index (κ3) is 4.76. The predicted molar refractivity (Wildman–Crippen MR) is 106 cm³/mol. The highest BCUT2D eigenvalue weighted by Crippen LogP contribution is 2.43. The number of carbonyl (C=O) groups is 1. The third-order valence-corrected chi connectivity index (χ3v) is 6.03. The Hall–Kier alpha value is -2.96. The molecular weight excluding hydrogens is 459 g/mol. The number of amides is 1. The first-order valence-corrected chi connectivity index (χ1v) is 11.2. The van der Waals surface area contributed by atoms with E-state index in [4.69, 9.17) is 9.52 Å². The summed E-state index contributed by atoms with van der Waals surface area (Å²) < 4.78 is 92.4. The molecule has 1 saturated heterocycles. The molecule has 1 aromatic carbocycles. The highest BCUT2D eigenvalue weighted by molar-refractivity contribution is 7.91. The predicted octanol–water partition coefficient (Wildman–Crippen LogP) is 3.80. The number of carbonyl (C=O) groups excluding carboxylic acids is 1. The quantitative estimate of drug-likeness (QED) is 0.638. The van der Waals surface area contributed by atoms with Crippen molar-refractivity contribution in [2.45, 2.75) is 23.7 Å². The lowest BCUT2D eigenvalue weighted by molar-refractivity contribution is -0.168. The number of anilines is 2. The highest BCUT2D eigenvalue weighted by atomic mass is 32.2. The number of nitrogens with one attached hydrogen (secondary N) is 2. The number of halogens is 5. The van der Waals surface area contributed by atoms with Crippen molar-refractivity contribution in [2.75, 3.05) is 30.1 Å². The minimum Gasteiger partial charge on any atom is -0.491 e. The molecule has 0 radical (unpaired) electrons. The van der Waals surface area contributed by atoms with Gasteiger partial charge in [0.25, 0.3) is 0 Å². The van der Waals surface area contributed by atoms with Gasteiger partial charge in [0.2, 0.25) is 11.7 Å². The summed E-state index contributed by atoms with van der Waals surface area (Å²) in [6.45, 7) is -0.667. The molecular formula is C19H19F5N4O3S. The van der Waals surface area contributed by atoms with Gasteiger partial charge in [-0.2, -0.15) is 17.6 Å². The SMILES string of the molecule is COc1c(N2CC(C(F)(F)F)CC2C(=O)Nc2ccnc(S(C)(=N)=O)c2)ccc(F)c1F. The lowest BCUT2D eigenvalue weighted by Gasteiger charge is -2.27. The number of hydrogen-bond acceptors (Lipinski definition) is 6. The standard InChI is InChI=1S/C19H19F5N4O3S/c1-31-17-13(4-3-12(20)16(17)21)28-9-10(19(22,23)24)7-14(28)18(29)27-11-5-6-26-15(8-11)32(2,25)30/h3-6,8,10,14,25H,7,9H2,1-2H3,(H,26,27,29). The van der Waals surface area contributed by atoms with Gasteiger partial charge in [-0.1, -0.05) is 0 Å². The van der Waals surface area contributed by atoms with Gasteiger partial charge < -0.3 is 15.0 Å². The summed E-state index contributed by atoms with van der Waals surface area (Å²) in [5.74, 6) is -6.00. The second-order valence-electron chi connectivity index (χ2n) is 7.27. The van der Waals surface area contributed by atoms with E-state index in [2.05, 4.69) is 10.3 Å². The first-order chi connectivity index (χ1) is 14.8. The number of nitrogens with zero attached hydrogens (tertiary/aromatic N) is 2. The number of ether oxygens (including phenoxy) is 1. The van der Waals surface area contributed by atoms with Crippen molar-refractivity contribution in [2.24, 2.45) is 5.92 Å². The molecule has 3 atom stereocenters. The Morgan fingerprint density at radius 1 is 1.31 bits per heavy atom. The van der Waals surface area contributed by atoms with Crippen LogP contribution in [0.4, 0.5) is 33.3 Å². The fourth-order valence-corrected chi connectivity index (χ4v) is 4.07. The Morgan fingerprint density at radius 3 is 2.59 bits per heavy atom. The first kappa shape index (κ1) is 23.7. The number of methoxy groups -OCH3 is 1. The summed E-state index contributed by atoms with van der Waals surface area (Å²) in [4.78, 5) is 17.7. The van der Waals surface area contributed by atoms with Crippen LogP contribution in [-0.2, 0) is 14.5 Å². The Bertz CT molecular complexity index is 1140. The molecule has 174 valence electrons. The number of rotatable bonds is 5. The summed E-state index contributed by atoms with van der Waals surface area (Å²) in [5, 5.41) is 2.31. The molecule has 3 unspecified atom stereocenters. The van der Waals surface area contributed by atoms with Crippen LogP contribution in [0.3, 0.4) is 0 Å². The van der Waals surface area contributed by atoms with Gasteiger partial charge in [-0.15, -0.1) is 0 Å². The number of alkyl halides is 3. The number of pyridine rings is 1. The summed E-state index contributed by atoms with van der Waals surface area (Å²) >= 11 is 0. The highest BCUT2D eigenvalue weighted by Gasteiger charge is 2.50. The molecule has 3 rings (SSSR count). The van der Waals surface area contributed by atoms with Gasteiger partial charge in [-0.05, 0) is 30.7 Å². The maximum Gasteiger partial charge on any atom is 0.393 e. The van der Waals surface area contributed by atoms with Crippen molar-refractivity contribution in [3.05, 3.63) is 42.1 Å². The van der Waals surface area contributed by atoms with Gasteiger partial charge in [-0.3, -0.25) is 4.79 Å². The van der Waals surface area contributed by atoms with Gasteiger partial charge in [0.05, 0.1) is 28.4 Å². The molecule has 32 heavy (non-hydrogen) atoms. The lowest BCUT2D eigenvalue weighted by atomic mass is 10.0. The molecule has 1 aliphatic heterocycles. The van der Waals surface area contributed by atoms with Crippen molar-refractivity contribution in [3.63, 3.8) is 0 Å². The Labute approximate surface area is 180 Å². The van der Waals surface area contributed by atoms with Crippen LogP contribution in [0, 0.1) is 22.3 Å². The summed E-state index contributed by atoms with van der Waals surface area (Å²) in [6, 6.07) is 2.91. The molecule has 1 aliphatic rings. The van der Waals surface area contributed by atoms with E-state index in [0.717, 1.165) is 30.4 Å². The fourth-order valence-electron chi connectivity index (χ4n) is 3.46. The van der Waals surface area contributed by atoms with Crippen molar-refractivity contribution in [1.29, 1.82) is 4.78 Å². The van der Waals surface area contributed by atoms with Crippen LogP contribution in [0.2, 0.25) is 0 Å². The van der Waals surface area contributed by atoms with Crippen LogP contribution in [0.5, 0.6) is 5.75 Å². The van der Waals surface area contributed by atoms with Crippen LogP contribution in [0.15, 0.2) is 35.5 Å². The van der Waals surface area contributed by atoms with E-state index in [0.29, 0.717) is 0 Å². The minimum atomic E-state index is -4.62. The van der Waals surface area contributed by atoms with E-state index >= 15 is 0 Å². The number of hydrogen-bond donors (Lipinski definition) is 2. The van der Waals surface area contributed by atoms with E-state index in [1.165, 1.54) is 18.3 Å². The van der Waals surface area contributed by atoms with E-state index in [1.807, 2.05) is 0 Å². The van der Waals surface area contributed by atoms with Crippen molar-refractivity contribution in [1.82, 2.24) is 4.98 Å². The summed E-state index contributed by atoms with van der Waals surface area (Å²) in [5.41, 5.74) is -0.120. The Balaban J connectivity index is 1.97. The van der Waals surface area contributed by atoms with E-state index in [9.17, 15) is 31.0 Å². The van der Waals surface area contributed by atoms with Crippen LogP contribution in [0.1, 0.15) is 6.42 Å². The molecule has 0 bridgehead atoms. The Kier molecular flexibility index (Phi) is 6.31. The molecule has 0 saturated carbocycles. The zero-order valence-corrected chi connectivity index (χ0v) is 17.7. The molecule has 0 spiro atoms. The molecule has 13 heteroatoms. The minimum absolute atomic E-state index is 0.0782. The van der Waals surface area contributed by atoms with E-state index in [-0.39, 0.29) is 16.4 Å². The molecule has 2 aromatic rings. The van der Waals surface area contributed by atoms with Gasteiger partial charge in [0.15, 0.2) is 11.6 Å². The van der Waals surface area contributed by atoms with Gasteiger partial charge in [0, 0.05) is 24.7 Å². The van der Waals surface area contributed by atoms with Crippen LogP contribution >= 0.6 is 0 Å². The van der Waals surface area contributed by atoms with Crippen molar-refractivity contribution in [3.8, 4) is 5.75 Å². The smallest absolute Gasteiger partial charge is 0.393 e. The molecule has 2 heterocycles. The first-order valence-electron chi connectivity index (χ1n) is 9.19. The largest absolute Gasteiger partial charge is 0.491 e. The Morgan fingerprint density at radius 2 is 2.00 bits per heavy atom. The fraction of sp³-hybridized carbons (Fsp3) is 0.368. The normalized spacial score (nSPS) is 20.7. The topological polar surface area (TPSA) is 95.4 Å². The molecule has 2 N–H and O–H groups in total. The third-order valence-electron chi connectivity index (χ3n) is 5.01. The average molecular weight is 478 g/mol. The van der Waals surface area contributed by atoms with E-state index < -0.39 is 64.1 Å². The zero-order valence-electron chi connectivity index (χ0n) is 16.9. The van der Waals surface area contributed by atoms with Gasteiger partial charge in [-0.25, -0.2) is 18.4 Å². The average Bonchev–Trinajstić information content (AvgIpc) is 3.15. The van der Waals surface area contributed by atoms with Crippen LogP contribution in [-0.4, -0.2) is 47.2 Å². The summed E-state index contributed by atoms with van der Waals surface area (Å²) in [6.07, 6.45) is -2.92. The second kappa shape index (κ2) is 8.52. The van der Waals surface area contributed by atoms with Crippen molar-refractivity contribution >= 4 is 27.0 Å². The van der Waals surface area contributed by atoms with Crippen LogP contribution in [0.25, 0.3) is 0 Å². The zero-order chi connectivity index (χ0) is 23.8. The monoisotopic (exact) mass is 478 g/mol. The van der Waals surface area contributed by atoms with E-state index in [1.54, 1.807) is 0 Å². The van der Waals surface area contributed by atoms with Crippen molar-refractivity contribution < 1.29 is 35.7 Å². The molecule has 1 fully saturated rings. The molecule has 7 nitrogen and oxygen atoms in total. The number of aromatic nitrogens is 1. The van der Waals surface area contributed by atoms with Gasteiger partial charge in [0.1, 0.15) is 11.1 Å². The second-order valence-corrected chi connectivity index (χ2v) is 9.38. The van der Waals surface area contributed by atoms with Gasteiger partial charge >= 0.3 is 6.18 Å². The lowest BCUT2D eigenvalue weighted by Crippen LogP contribution is -2.40. The van der Waals surface area contributed by atoms with Crippen LogP contribution < -0.4 is 15.0 Å². The molecule has 1 aromatic heterocycles. The molecule has 1 amide bonds. The number of benzene rings is 1. The molecule has 0 aliphatic carbocycles.